The molecule has 1 aliphatic rings. The van der Waals surface area contributed by atoms with E-state index in [0.717, 1.165) is 32.6 Å². The van der Waals surface area contributed by atoms with E-state index < -0.39 is 10.0 Å². The monoisotopic (exact) mass is 377 g/mol. The number of nitrogens with one attached hydrogen (secondary N) is 1. The first-order chi connectivity index (χ1) is 11.0. The molecule has 138 valence electrons. The van der Waals surface area contributed by atoms with Crippen LogP contribution in [0.15, 0.2) is 29.2 Å². The van der Waals surface area contributed by atoms with Gasteiger partial charge in [0.05, 0.1) is 4.90 Å². The van der Waals surface area contributed by atoms with Crippen LogP contribution in [0.2, 0.25) is 0 Å². The van der Waals surface area contributed by atoms with Crippen LogP contribution >= 0.6 is 12.4 Å². The van der Waals surface area contributed by atoms with E-state index in [1.165, 1.54) is 25.0 Å². The highest BCUT2D eigenvalue weighted by molar-refractivity contribution is 7.89. The Kier molecular flexibility index (Phi) is 9.01. The van der Waals surface area contributed by atoms with Gasteiger partial charge in [0.2, 0.25) is 10.0 Å². The van der Waals surface area contributed by atoms with Crippen LogP contribution in [0.5, 0.6) is 5.75 Å². The van der Waals surface area contributed by atoms with E-state index in [-0.39, 0.29) is 17.3 Å². The van der Waals surface area contributed by atoms with Crippen LogP contribution in [0.25, 0.3) is 0 Å². The lowest BCUT2D eigenvalue weighted by Crippen LogP contribution is -2.45. The molecule has 8 heteroatoms. The van der Waals surface area contributed by atoms with Crippen molar-refractivity contribution < 1.29 is 13.2 Å². The molecule has 6 nitrogen and oxygen atoms in total. The maximum Gasteiger partial charge on any atom is 0.238 e. The van der Waals surface area contributed by atoms with Gasteiger partial charge in [0.25, 0.3) is 0 Å². The molecule has 0 atom stereocenters. The average Bonchev–Trinajstić information content (AvgIpc) is 2.54. The molecule has 0 bridgehead atoms. The molecule has 24 heavy (non-hydrogen) atoms. The molecule has 1 fully saturated rings. The van der Waals surface area contributed by atoms with E-state index in [1.807, 2.05) is 0 Å². The molecule has 1 saturated heterocycles. The zero-order valence-electron chi connectivity index (χ0n) is 14.1. The smallest absolute Gasteiger partial charge is 0.238 e. The van der Waals surface area contributed by atoms with Crippen LogP contribution in [-0.4, -0.2) is 52.1 Å². The minimum atomic E-state index is -3.65. The Bertz CT molecular complexity index is 575. The Balaban J connectivity index is 0.00000288. The molecule has 1 aliphatic heterocycles. The fourth-order valence-corrected chi connectivity index (χ4v) is 3.46. The van der Waals surface area contributed by atoms with Gasteiger partial charge in [-0.1, -0.05) is 6.92 Å². The van der Waals surface area contributed by atoms with Gasteiger partial charge < -0.3 is 10.1 Å². The summed E-state index contributed by atoms with van der Waals surface area (Å²) in [7, 11) is -3.65. The Morgan fingerprint density at radius 1 is 1.21 bits per heavy atom. The van der Waals surface area contributed by atoms with E-state index in [1.54, 1.807) is 12.1 Å². The summed E-state index contributed by atoms with van der Waals surface area (Å²) in [5.74, 6) is 0.666. The predicted octanol–water partition coefficient (Wildman–Crippen LogP) is 1.60. The number of nitrogens with two attached hydrogens (primary N) is 1. The second-order valence-electron chi connectivity index (χ2n) is 5.88. The molecule has 0 saturated carbocycles. The SMILES string of the molecule is CCCN(CCOc1ccc(S(N)(=O)=O)cc1)C1CCNCC1.Cl. The zero-order valence-corrected chi connectivity index (χ0v) is 15.7. The van der Waals surface area contributed by atoms with Gasteiger partial charge in [-0.15, -0.1) is 12.4 Å². The average molecular weight is 378 g/mol. The summed E-state index contributed by atoms with van der Waals surface area (Å²) < 4.78 is 28.2. The Labute approximate surface area is 151 Å². The third kappa shape index (κ3) is 6.57. The standard InChI is InChI=1S/C16H27N3O3S.ClH/c1-2-11-19(14-7-9-18-10-8-14)12-13-22-15-3-5-16(6-4-15)23(17,20)21;/h3-6,14,18H,2,7-13H2,1H3,(H2,17,20,21);1H. The fourth-order valence-electron chi connectivity index (χ4n) is 2.94. The van der Waals surface area contributed by atoms with Crippen molar-refractivity contribution in [3.63, 3.8) is 0 Å². The first-order valence-corrected chi connectivity index (χ1v) is 9.76. The molecule has 3 N–H and O–H groups in total. The fraction of sp³-hybridized carbons (Fsp3) is 0.625. The predicted molar refractivity (Wildman–Crippen MR) is 98.3 cm³/mol. The van der Waals surface area contributed by atoms with Crippen molar-refractivity contribution >= 4 is 22.4 Å². The number of hydrogen-bond donors (Lipinski definition) is 2. The number of halogens is 1. The lowest BCUT2D eigenvalue weighted by atomic mass is 10.0. The Morgan fingerprint density at radius 2 is 1.83 bits per heavy atom. The highest BCUT2D eigenvalue weighted by Gasteiger charge is 2.20. The maximum atomic E-state index is 11.2. The molecule has 1 aromatic rings. The van der Waals surface area contributed by atoms with Crippen LogP contribution in [0.3, 0.4) is 0 Å². The minimum absolute atomic E-state index is 0. The summed E-state index contributed by atoms with van der Waals surface area (Å²) >= 11 is 0. The summed E-state index contributed by atoms with van der Waals surface area (Å²) in [6.45, 7) is 6.93. The van der Waals surface area contributed by atoms with Crippen molar-refractivity contribution in [2.45, 2.75) is 37.1 Å². The van der Waals surface area contributed by atoms with E-state index in [0.29, 0.717) is 18.4 Å². The molecule has 0 aromatic heterocycles. The molecule has 2 rings (SSSR count). The molecule has 0 spiro atoms. The summed E-state index contributed by atoms with van der Waals surface area (Å²) in [6.07, 6.45) is 3.50. The number of nitrogens with zero attached hydrogens (tertiary/aromatic N) is 1. The van der Waals surface area contributed by atoms with Crippen LogP contribution in [-0.2, 0) is 10.0 Å². The van der Waals surface area contributed by atoms with Gasteiger partial charge in [-0.05, 0) is 63.2 Å². The third-order valence-electron chi connectivity index (χ3n) is 4.14. The molecule has 0 amide bonds. The summed E-state index contributed by atoms with van der Waals surface area (Å²) in [5.41, 5.74) is 0. The lowest BCUT2D eigenvalue weighted by molar-refractivity contribution is 0.135. The van der Waals surface area contributed by atoms with E-state index in [4.69, 9.17) is 9.88 Å². The number of primary sulfonamides is 1. The molecule has 0 radical (unpaired) electrons. The van der Waals surface area contributed by atoms with Crippen LogP contribution in [0.1, 0.15) is 26.2 Å². The normalized spacial score (nSPS) is 16.0. The quantitative estimate of drug-likeness (QED) is 0.718. The molecule has 1 aromatic carbocycles. The van der Waals surface area contributed by atoms with Crippen LogP contribution < -0.4 is 15.2 Å². The molecular weight excluding hydrogens is 350 g/mol. The van der Waals surface area contributed by atoms with Crippen molar-refractivity contribution in [2.75, 3.05) is 32.8 Å². The number of sulfonamides is 1. The first-order valence-electron chi connectivity index (χ1n) is 8.21. The number of ether oxygens (including phenoxy) is 1. The van der Waals surface area contributed by atoms with Gasteiger partial charge in [-0.2, -0.15) is 0 Å². The molecule has 0 aliphatic carbocycles. The Hall–Kier alpha value is -0.860. The number of piperidine rings is 1. The second-order valence-corrected chi connectivity index (χ2v) is 7.44. The summed E-state index contributed by atoms with van der Waals surface area (Å²) in [6, 6.07) is 6.87. The van der Waals surface area contributed by atoms with E-state index in [2.05, 4.69) is 17.1 Å². The topological polar surface area (TPSA) is 84.7 Å². The maximum absolute atomic E-state index is 11.2. The number of hydrogen-bond acceptors (Lipinski definition) is 5. The van der Waals surface area contributed by atoms with Gasteiger partial charge in [0.15, 0.2) is 0 Å². The van der Waals surface area contributed by atoms with Crippen LogP contribution in [0.4, 0.5) is 0 Å². The number of rotatable bonds is 8. The van der Waals surface area contributed by atoms with Crippen molar-refractivity contribution in [1.82, 2.24) is 10.2 Å². The minimum Gasteiger partial charge on any atom is -0.492 e. The van der Waals surface area contributed by atoms with Crippen molar-refractivity contribution in [3.05, 3.63) is 24.3 Å². The van der Waals surface area contributed by atoms with E-state index in [9.17, 15) is 8.42 Å². The summed E-state index contributed by atoms with van der Waals surface area (Å²) in [4.78, 5) is 2.60. The lowest BCUT2D eigenvalue weighted by Gasteiger charge is -2.34. The van der Waals surface area contributed by atoms with Crippen molar-refractivity contribution in [3.8, 4) is 5.75 Å². The number of benzene rings is 1. The highest BCUT2D eigenvalue weighted by Crippen LogP contribution is 2.16. The van der Waals surface area contributed by atoms with Gasteiger partial charge >= 0.3 is 0 Å². The third-order valence-corrected chi connectivity index (χ3v) is 5.06. The summed E-state index contributed by atoms with van der Waals surface area (Å²) in [5, 5.41) is 8.48. The van der Waals surface area contributed by atoms with Gasteiger partial charge in [-0.3, -0.25) is 4.90 Å². The van der Waals surface area contributed by atoms with E-state index >= 15 is 0 Å². The van der Waals surface area contributed by atoms with Crippen LogP contribution in [0, 0.1) is 0 Å². The Morgan fingerprint density at radius 3 is 2.38 bits per heavy atom. The molecular formula is C16H28ClN3O3S. The highest BCUT2D eigenvalue weighted by atomic mass is 35.5. The second kappa shape index (κ2) is 10.2. The van der Waals surface area contributed by atoms with Crippen molar-refractivity contribution in [2.24, 2.45) is 5.14 Å². The molecule has 1 heterocycles. The first kappa shape index (κ1) is 21.2. The van der Waals surface area contributed by atoms with Gasteiger partial charge in [0, 0.05) is 12.6 Å². The van der Waals surface area contributed by atoms with Crippen molar-refractivity contribution in [1.29, 1.82) is 0 Å². The van der Waals surface area contributed by atoms with Gasteiger partial charge in [-0.25, -0.2) is 13.6 Å². The largest absolute Gasteiger partial charge is 0.492 e. The zero-order chi connectivity index (χ0) is 16.7. The molecule has 0 unspecified atom stereocenters. The van der Waals surface area contributed by atoms with Gasteiger partial charge in [0.1, 0.15) is 12.4 Å².